The maximum atomic E-state index is 10.7. The first-order valence-electron chi connectivity index (χ1n) is 5.56. The topological polar surface area (TPSA) is 88.2 Å². The molecule has 94 valence electrons. The number of aliphatic hydroxyl groups is 1. The van der Waals surface area contributed by atoms with E-state index in [2.05, 4.69) is 10.3 Å². The molecular formula is C12H13N3O3. The maximum Gasteiger partial charge on any atom is 0.335 e. The van der Waals surface area contributed by atoms with Gasteiger partial charge >= 0.3 is 5.97 Å². The molecule has 0 saturated heterocycles. The Hall–Kier alpha value is -2.21. The molecule has 0 fully saturated rings. The number of carboxylic acids is 1. The Balaban J connectivity index is 2.26. The summed E-state index contributed by atoms with van der Waals surface area (Å²) in [6.07, 6.45) is 1.57. The van der Waals surface area contributed by atoms with Gasteiger partial charge in [-0.25, -0.2) is 9.48 Å². The van der Waals surface area contributed by atoms with E-state index >= 15 is 0 Å². The van der Waals surface area contributed by atoms with Crippen molar-refractivity contribution in [2.75, 3.05) is 0 Å². The zero-order chi connectivity index (χ0) is 13.1. The molecule has 1 atom stereocenters. The van der Waals surface area contributed by atoms with E-state index in [0.29, 0.717) is 17.8 Å². The van der Waals surface area contributed by atoms with Crippen molar-refractivity contribution in [3.8, 4) is 5.69 Å². The minimum absolute atomic E-state index is 0.215. The summed E-state index contributed by atoms with van der Waals surface area (Å²) >= 11 is 0. The molecule has 6 heteroatoms. The van der Waals surface area contributed by atoms with Gasteiger partial charge in [-0.1, -0.05) is 12.1 Å². The van der Waals surface area contributed by atoms with Gasteiger partial charge in [0.2, 0.25) is 0 Å². The van der Waals surface area contributed by atoms with Gasteiger partial charge in [0.1, 0.15) is 5.69 Å². The van der Waals surface area contributed by atoms with Gasteiger partial charge in [-0.15, -0.1) is 5.10 Å². The Bertz CT molecular complexity index is 548. The zero-order valence-electron chi connectivity index (χ0n) is 9.82. The molecule has 1 aromatic heterocycles. The van der Waals surface area contributed by atoms with Gasteiger partial charge in [-0.05, 0) is 30.7 Å². The normalized spacial score (nSPS) is 12.3. The predicted octanol–water partition coefficient (Wildman–Crippen LogP) is 1.41. The molecule has 0 aliphatic carbocycles. The van der Waals surface area contributed by atoms with E-state index in [0.717, 1.165) is 0 Å². The lowest BCUT2D eigenvalue weighted by Crippen LogP contribution is -1.99. The number of aromatic carboxylic acids is 1. The van der Waals surface area contributed by atoms with Crippen LogP contribution >= 0.6 is 0 Å². The molecule has 0 saturated carbocycles. The van der Waals surface area contributed by atoms with Gasteiger partial charge in [0.15, 0.2) is 0 Å². The van der Waals surface area contributed by atoms with Gasteiger partial charge in [0.25, 0.3) is 0 Å². The van der Waals surface area contributed by atoms with E-state index in [1.54, 1.807) is 18.3 Å². The zero-order valence-corrected chi connectivity index (χ0v) is 9.82. The number of nitrogens with zero attached hydrogens (tertiary/aromatic N) is 3. The van der Waals surface area contributed by atoms with Gasteiger partial charge in [-0.3, -0.25) is 0 Å². The summed E-state index contributed by atoms with van der Waals surface area (Å²) in [5.74, 6) is -0.970. The summed E-state index contributed by atoms with van der Waals surface area (Å²) in [7, 11) is 0. The van der Waals surface area contributed by atoms with Crippen molar-refractivity contribution in [1.82, 2.24) is 15.0 Å². The molecule has 1 heterocycles. The largest absolute Gasteiger partial charge is 0.478 e. The highest BCUT2D eigenvalue weighted by Gasteiger charge is 2.10. The molecule has 18 heavy (non-hydrogen) atoms. The first kappa shape index (κ1) is 12.3. The number of carbonyl (C=O) groups is 1. The van der Waals surface area contributed by atoms with Crippen LogP contribution in [0.15, 0.2) is 30.5 Å². The van der Waals surface area contributed by atoms with Crippen LogP contribution in [0.4, 0.5) is 0 Å². The molecule has 0 aliphatic rings. The van der Waals surface area contributed by atoms with Crippen LogP contribution in [-0.2, 0) is 0 Å². The smallest absolute Gasteiger partial charge is 0.335 e. The SMILES string of the molecule is CC[C@@H](O)c1cn(-c2ccc(C(=O)O)cc2)nn1. The molecule has 2 rings (SSSR count). The van der Waals surface area contributed by atoms with Crippen LogP contribution in [0.25, 0.3) is 5.69 Å². The van der Waals surface area contributed by atoms with Gasteiger partial charge in [-0.2, -0.15) is 0 Å². The molecule has 0 bridgehead atoms. The van der Waals surface area contributed by atoms with Crippen LogP contribution in [0.3, 0.4) is 0 Å². The third-order valence-electron chi connectivity index (χ3n) is 2.62. The lowest BCUT2D eigenvalue weighted by atomic mass is 10.2. The average Bonchev–Trinajstić information content (AvgIpc) is 2.87. The molecule has 6 nitrogen and oxygen atoms in total. The summed E-state index contributed by atoms with van der Waals surface area (Å²) < 4.78 is 1.50. The van der Waals surface area contributed by atoms with E-state index in [9.17, 15) is 9.90 Å². The minimum Gasteiger partial charge on any atom is -0.478 e. The monoisotopic (exact) mass is 247 g/mol. The molecule has 0 unspecified atom stereocenters. The van der Waals surface area contributed by atoms with Crippen molar-refractivity contribution >= 4 is 5.97 Å². The third-order valence-corrected chi connectivity index (χ3v) is 2.62. The fourth-order valence-electron chi connectivity index (χ4n) is 1.52. The second-order valence-corrected chi connectivity index (χ2v) is 3.86. The fourth-order valence-corrected chi connectivity index (χ4v) is 1.52. The number of benzene rings is 1. The number of rotatable bonds is 4. The van der Waals surface area contributed by atoms with Crippen LogP contribution in [0.1, 0.15) is 35.5 Å². The summed E-state index contributed by atoms with van der Waals surface area (Å²) in [5.41, 5.74) is 1.41. The molecule has 1 aromatic carbocycles. The van der Waals surface area contributed by atoms with Crippen LogP contribution in [0.2, 0.25) is 0 Å². The molecule has 0 spiro atoms. The van der Waals surface area contributed by atoms with Gasteiger partial charge < -0.3 is 10.2 Å². The molecule has 0 amide bonds. The third kappa shape index (κ3) is 2.38. The predicted molar refractivity (Wildman–Crippen MR) is 63.6 cm³/mol. The van der Waals surface area contributed by atoms with E-state index in [1.165, 1.54) is 16.8 Å². The van der Waals surface area contributed by atoms with E-state index in [4.69, 9.17) is 5.11 Å². The Morgan fingerprint density at radius 2 is 2.06 bits per heavy atom. The fraction of sp³-hybridized carbons (Fsp3) is 0.250. The summed E-state index contributed by atoms with van der Waals surface area (Å²) in [6, 6.07) is 6.27. The number of carboxylic acid groups (broad SMARTS) is 1. The second kappa shape index (κ2) is 4.97. The summed E-state index contributed by atoms with van der Waals surface area (Å²) in [4.78, 5) is 10.7. The van der Waals surface area contributed by atoms with E-state index in [-0.39, 0.29) is 5.56 Å². The Kier molecular flexibility index (Phi) is 3.38. The van der Waals surface area contributed by atoms with Crippen molar-refractivity contribution in [1.29, 1.82) is 0 Å². The lowest BCUT2D eigenvalue weighted by molar-refractivity contribution is 0.0697. The van der Waals surface area contributed by atoms with Gasteiger partial charge in [0.05, 0.1) is 23.6 Å². The number of aliphatic hydroxyl groups excluding tert-OH is 1. The number of hydrogen-bond donors (Lipinski definition) is 2. The lowest BCUT2D eigenvalue weighted by Gasteiger charge is -2.02. The number of hydrogen-bond acceptors (Lipinski definition) is 4. The van der Waals surface area contributed by atoms with Crippen LogP contribution in [0, 0.1) is 0 Å². The van der Waals surface area contributed by atoms with Crippen molar-refractivity contribution < 1.29 is 15.0 Å². The van der Waals surface area contributed by atoms with Gasteiger partial charge in [0, 0.05) is 0 Å². The first-order chi connectivity index (χ1) is 8.61. The van der Waals surface area contributed by atoms with Crippen LogP contribution in [0.5, 0.6) is 0 Å². The van der Waals surface area contributed by atoms with E-state index in [1.807, 2.05) is 6.92 Å². The summed E-state index contributed by atoms with van der Waals surface area (Å²) in [5, 5.41) is 26.2. The Labute approximate surface area is 103 Å². The maximum absolute atomic E-state index is 10.7. The average molecular weight is 247 g/mol. The molecule has 0 radical (unpaired) electrons. The molecule has 2 aromatic rings. The minimum atomic E-state index is -0.970. The Morgan fingerprint density at radius 3 is 2.61 bits per heavy atom. The summed E-state index contributed by atoms with van der Waals surface area (Å²) in [6.45, 7) is 1.85. The molecular weight excluding hydrogens is 234 g/mol. The van der Waals surface area contributed by atoms with Crippen molar-refractivity contribution in [3.05, 3.63) is 41.7 Å². The quantitative estimate of drug-likeness (QED) is 0.852. The van der Waals surface area contributed by atoms with Crippen molar-refractivity contribution in [3.63, 3.8) is 0 Å². The number of aromatic nitrogens is 3. The highest BCUT2D eigenvalue weighted by molar-refractivity contribution is 5.87. The molecule has 0 aliphatic heterocycles. The highest BCUT2D eigenvalue weighted by atomic mass is 16.4. The standard InChI is InChI=1S/C12H13N3O3/c1-2-11(16)10-7-15(14-13-10)9-5-3-8(4-6-9)12(17)18/h3-7,11,16H,2H2,1H3,(H,17,18)/t11-/m1/s1. The first-order valence-corrected chi connectivity index (χ1v) is 5.56. The van der Waals surface area contributed by atoms with Crippen molar-refractivity contribution in [2.24, 2.45) is 0 Å². The van der Waals surface area contributed by atoms with Crippen LogP contribution < -0.4 is 0 Å². The van der Waals surface area contributed by atoms with E-state index < -0.39 is 12.1 Å². The van der Waals surface area contributed by atoms with Crippen molar-refractivity contribution in [2.45, 2.75) is 19.4 Å². The Morgan fingerprint density at radius 1 is 1.39 bits per heavy atom. The molecule has 2 N–H and O–H groups in total. The second-order valence-electron chi connectivity index (χ2n) is 3.86. The highest BCUT2D eigenvalue weighted by Crippen LogP contribution is 2.15. The van der Waals surface area contributed by atoms with Crippen LogP contribution in [-0.4, -0.2) is 31.2 Å².